The lowest BCUT2D eigenvalue weighted by molar-refractivity contribution is -0.155. The molecule has 0 aromatic heterocycles. The third-order valence-electron chi connectivity index (χ3n) is 3.43. The van der Waals surface area contributed by atoms with E-state index in [0.29, 0.717) is 12.8 Å². The van der Waals surface area contributed by atoms with Crippen LogP contribution in [-0.2, 0) is 0 Å². The molecule has 84 valence electrons. The van der Waals surface area contributed by atoms with E-state index in [0.717, 1.165) is 12.8 Å². The Labute approximate surface area is 86.7 Å². The summed E-state index contributed by atoms with van der Waals surface area (Å²) in [5.74, 6) is -0.0352. The number of piperidine rings is 1. The highest BCUT2D eigenvalue weighted by Crippen LogP contribution is 2.39. The van der Waals surface area contributed by atoms with Gasteiger partial charge in [0.2, 0.25) is 0 Å². The van der Waals surface area contributed by atoms with Crippen LogP contribution in [0.4, 0.5) is 13.2 Å². The monoisotopic (exact) mass is 218 g/mol. The zero-order valence-electron chi connectivity index (χ0n) is 8.30. The van der Waals surface area contributed by atoms with E-state index >= 15 is 0 Å². The highest BCUT2D eigenvalue weighted by Gasteiger charge is 2.45. The van der Waals surface area contributed by atoms with Gasteiger partial charge in [-0.3, -0.25) is 4.90 Å². The first-order valence-electron chi connectivity index (χ1n) is 5.21. The zero-order chi connectivity index (χ0) is 11.1. The molecule has 2 saturated heterocycles. The summed E-state index contributed by atoms with van der Waals surface area (Å²) in [6.07, 6.45) is -1.25. The highest BCUT2D eigenvalue weighted by atomic mass is 19.4. The molecule has 2 aliphatic heterocycles. The molecule has 0 N–H and O–H groups in total. The molecule has 2 heterocycles. The quantitative estimate of drug-likeness (QED) is 0.675. The van der Waals surface area contributed by atoms with Gasteiger partial charge in [-0.15, -0.1) is 0 Å². The number of nitriles is 1. The van der Waals surface area contributed by atoms with Gasteiger partial charge in [-0.05, 0) is 25.7 Å². The van der Waals surface area contributed by atoms with Gasteiger partial charge in [-0.25, -0.2) is 0 Å². The third-order valence-corrected chi connectivity index (χ3v) is 3.43. The highest BCUT2D eigenvalue weighted by molar-refractivity contribution is 5.01. The number of fused-ring (bicyclic) bond motifs is 2. The molecule has 0 aromatic carbocycles. The Morgan fingerprint density at radius 2 is 1.73 bits per heavy atom. The second-order valence-electron chi connectivity index (χ2n) is 4.47. The van der Waals surface area contributed by atoms with E-state index in [2.05, 4.69) is 6.07 Å². The van der Waals surface area contributed by atoms with Crippen LogP contribution in [0.15, 0.2) is 0 Å². The molecular formula is C10H13F3N2. The molecule has 0 aromatic rings. The molecule has 2 aliphatic rings. The van der Waals surface area contributed by atoms with Crippen molar-refractivity contribution >= 4 is 0 Å². The van der Waals surface area contributed by atoms with Crippen molar-refractivity contribution in [3.8, 4) is 6.07 Å². The van der Waals surface area contributed by atoms with Gasteiger partial charge in [-0.1, -0.05) is 0 Å². The lowest BCUT2D eigenvalue weighted by Crippen LogP contribution is -2.47. The van der Waals surface area contributed by atoms with Gasteiger partial charge in [0.25, 0.3) is 0 Å². The van der Waals surface area contributed by atoms with E-state index in [4.69, 9.17) is 5.26 Å². The number of nitrogens with zero attached hydrogens (tertiary/aromatic N) is 2. The lowest BCUT2D eigenvalue weighted by Gasteiger charge is -2.37. The Bertz CT molecular complexity index is 267. The minimum atomic E-state index is -4.11. The average molecular weight is 218 g/mol. The van der Waals surface area contributed by atoms with Crippen LogP contribution in [-0.4, -0.2) is 29.7 Å². The van der Waals surface area contributed by atoms with Gasteiger partial charge in [-0.2, -0.15) is 18.4 Å². The van der Waals surface area contributed by atoms with E-state index in [9.17, 15) is 13.2 Å². The standard InChI is InChI=1S/C10H13F3N2/c11-10(12,13)6-15-8-1-2-9(15)4-7(3-8)5-14/h7-9H,1-4,6H2/t7?,8-,9+. The largest absolute Gasteiger partial charge is 0.401 e. The molecule has 0 spiro atoms. The average Bonchev–Trinajstić information content (AvgIpc) is 2.37. The van der Waals surface area contributed by atoms with Crippen LogP contribution in [0.25, 0.3) is 0 Å². The van der Waals surface area contributed by atoms with Crippen LogP contribution >= 0.6 is 0 Å². The van der Waals surface area contributed by atoms with Crippen LogP contribution in [0.3, 0.4) is 0 Å². The third kappa shape index (κ3) is 2.25. The van der Waals surface area contributed by atoms with Crippen molar-refractivity contribution in [1.82, 2.24) is 4.90 Å². The molecule has 5 heteroatoms. The Morgan fingerprint density at radius 3 is 2.13 bits per heavy atom. The van der Waals surface area contributed by atoms with Crippen molar-refractivity contribution in [2.24, 2.45) is 5.92 Å². The maximum absolute atomic E-state index is 12.3. The normalized spacial score (nSPS) is 36.5. The SMILES string of the molecule is N#CC1C[C@H]2CC[C@@H](C1)N2CC(F)(F)F. The zero-order valence-corrected chi connectivity index (χ0v) is 8.30. The summed E-state index contributed by atoms with van der Waals surface area (Å²) in [4.78, 5) is 1.55. The Kier molecular flexibility index (Phi) is 2.63. The maximum Gasteiger partial charge on any atom is 0.401 e. The number of halogens is 3. The smallest absolute Gasteiger partial charge is 0.289 e. The first kappa shape index (κ1) is 10.7. The second-order valence-corrected chi connectivity index (χ2v) is 4.47. The minimum absolute atomic E-state index is 0.0185. The van der Waals surface area contributed by atoms with E-state index in [1.807, 2.05) is 0 Å². The Balaban J connectivity index is 2.02. The van der Waals surface area contributed by atoms with Crippen molar-refractivity contribution in [2.75, 3.05) is 6.54 Å². The van der Waals surface area contributed by atoms with Crippen LogP contribution in [0.1, 0.15) is 25.7 Å². The fourth-order valence-corrected chi connectivity index (χ4v) is 2.84. The van der Waals surface area contributed by atoms with Gasteiger partial charge < -0.3 is 0 Å². The molecule has 2 fully saturated rings. The molecule has 2 rings (SSSR count). The minimum Gasteiger partial charge on any atom is -0.289 e. The predicted molar refractivity (Wildman–Crippen MR) is 47.9 cm³/mol. The van der Waals surface area contributed by atoms with Gasteiger partial charge in [0, 0.05) is 18.0 Å². The molecule has 0 amide bonds. The Morgan fingerprint density at radius 1 is 1.20 bits per heavy atom. The summed E-state index contributed by atoms with van der Waals surface area (Å²) < 4.78 is 36.9. The van der Waals surface area contributed by atoms with Crippen LogP contribution in [0, 0.1) is 17.2 Å². The molecule has 3 atom stereocenters. The molecule has 2 nitrogen and oxygen atoms in total. The van der Waals surface area contributed by atoms with Crippen molar-refractivity contribution < 1.29 is 13.2 Å². The summed E-state index contributed by atoms with van der Waals surface area (Å²) in [6.45, 7) is -0.805. The number of hydrogen-bond donors (Lipinski definition) is 0. The summed E-state index contributed by atoms with van der Waals surface area (Å²) in [5, 5.41) is 8.78. The summed E-state index contributed by atoms with van der Waals surface area (Å²) in [7, 11) is 0. The molecular weight excluding hydrogens is 205 g/mol. The van der Waals surface area contributed by atoms with Gasteiger partial charge in [0.05, 0.1) is 12.6 Å². The summed E-state index contributed by atoms with van der Waals surface area (Å²) >= 11 is 0. The number of alkyl halides is 3. The van der Waals surface area contributed by atoms with E-state index in [1.54, 1.807) is 4.90 Å². The Hall–Kier alpha value is -0.760. The van der Waals surface area contributed by atoms with E-state index in [-0.39, 0.29) is 18.0 Å². The van der Waals surface area contributed by atoms with Gasteiger partial charge in [0.1, 0.15) is 0 Å². The number of rotatable bonds is 1. The maximum atomic E-state index is 12.3. The van der Waals surface area contributed by atoms with Crippen molar-refractivity contribution in [3.63, 3.8) is 0 Å². The molecule has 0 aliphatic carbocycles. The van der Waals surface area contributed by atoms with Crippen molar-refractivity contribution in [3.05, 3.63) is 0 Å². The van der Waals surface area contributed by atoms with E-state index in [1.165, 1.54) is 0 Å². The van der Waals surface area contributed by atoms with Crippen LogP contribution in [0.2, 0.25) is 0 Å². The van der Waals surface area contributed by atoms with Crippen molar-refractivity contribution in [2.45, 2.75) is 43.9 Å². The first-order valence-corrected chi connectivity index (χ1v) is 5.21. The van der Waals surface area contributed by atoms with Gasteiger partial charge >= 0.3 is 6.18 Å². The second kappa shape index (κ2) is 3.67. The predicted octanol–water partition coefficient (Wildman–Crippen LogP) is 2.32. The fraction of sp³-hybridized carbons (Fsp3) is 0.900. The van der Waals surface area contributed by atoms with E-state index < -0.39 is 12.7 Å². The molecule has 1 unspecified atom stereocenters. The topological polar surface area (TPSA) is 27.0 Å². The fourth-order valence-electron chi connectivity index (χ4n) is 2.84. The van der Waals surface area contributed by atoms with Crippen molar-refractivity contribution in [1.29, 1.82) is 5.26 Å². The first-order chi connectivity index (χ1) is 6.99. The lowest BCUT2D eigenvalue weighted by atomic mass is 9.92. The van der Waals surface area contributed by atoms with Crippen LogP contribution < -0.4 is 0 Å². The summed E-state index contributed by atoms with van der Waals surface area (Å²) in [6, 6.07) is 2.14. The molecule has 0 saturated carbocycles. The molecule has 15 heavy (non-hydrogen) atoms. The van der Waals surface area contributed by atoms with Crippen LogP contribution in [0.5, 0.6) is 0 Å². The molecule has 0 radical (unpaired) electrons. The number of hydrogen-bond acceptors (Lipinski definition) is 2. The molecule has 2 bridgehead atoms. The summed E-state index contributed by atoms with van der Waals surface area (Å²) in [5.41, 5.74) is 0. The van der Waals surface area contributed by atoms with Gasteiger partial charge in [0.15, 0.2) is 0 Å².